The third kappa shape index (κ3) is 3.17. The highest BCUT2D eigenvalue weighted by Gasteiger charge is 2.02. The van der Waals surface area contributed by atoms with Crippen LogP contribution in [0.25, 0.3) is 0 Å². The van der Waals surface area contributed by atoms with Gasteiger partial charge in [-0.2, -0.15) is 0 Å². The summed E-state index contributed by atoms with van der Waals surface area (Å²) in [5.41, 5.74) is 4.53. The van der Waals surface area contributed by atoms with Gasteiger partial charge in [-0.3, -0.25) is 4.99 Å². The van der Waals surface area contributed by atoms with Crippen LogP contribution in [0, 0.1) is 6.92 Å². The predicted molar refractivity (Wildman–Crippen MR) is 65.0 cm³/mol. The molecule has 0 bridgehead atoms. The van der Waals surface area contributed by atoms with Crippen LogP contribution in [0.3, 0.4) is 0 Å². The summed E-state index contributed by atoms with van der Waals surface area (Å²) in [6.45, 7) is 6.34. The van der Waals surface area contributed by atoms with Crippen LogP contribution in [0.4, 0.5) is 5.69 Å². The first-order valence-electron chi connectivity index (χ1n) is 5.42. The first-order valence-corrected chi connectivity index (χ1v) is 5.42. The van der Waals surface area contributed by atoms with Gasteiger partial charge in [0.2, 0.25) is 0 Å². The number of aliphatic hydroxyl groups excluding tert-OH is 1. The Labute approximate surface area is 91.7 Å². The summed E-state index contributed by atoms with van der Waals surface area (Å²) >= 11 is 0. The van der Waals surface area contributed by atoms with Gasteiger partial charge in [-0.15, -0.1) is 0 Å². The molecule has 1 aromatic rings. The van der Waals surface area contributed by atoms with Gasteiger partial charge in [-0.25, -0.2) is 0 Å². The van der Waals surface area contributed by atoms with Crippen LogP contribution in [0.15, 0.2) is 23.2 Å². The fourth-order valence-corrected chi connectivity index (χ4v) is 1.57. The molecule has 0 aromatic heterocycles. The number of aliphatic imine (C=N–C) groups is 1. The van der Waals surface area contributed by atoms with Crippen molar-refractivity contribution in [1.29, 1.82) is 0 Å². The Bertz CT molecular complexity index is 356. The number of aryl methyl sites for hydroxylation is 2. The Hall–Kier alpha value is -1.15. The molecule has 82 valence electrons. The molecule has 0 amide bonds. The van der Waals surface area contributed by atoms with Crippen molar-refractivity contribution in [1.82, 2.24) is 0 Å². The molecule has 0 saturated carbocycles. The number of hydrogen-bond acceptors (Lipinski definition) is 2. The SMILES string of the molecule is CCc1cccc(C)c1/N=C(\C)CCO. The Morgan fingerprint density at radius 3 is 2.73 bits per heavy atom. The molecule has 0 aliphatic rings. The molecule has 0 saturated heterocycles. The normalized spacial score (nSPS) is 11.9. The third-order valence-corrected chi connectivity index (χ3v) is 2.48. The predicted octanol–water partition coefficient (Wildman–Crippen LogP) is 3.03. The molecule has 0 aliphatic heterocycles. The molecule has 15 heavy (non-hydrogen) atoms. The van der Waals surface area contributed by atoms with Crippen molar-refractivity contribution in [3.05, 3.63) is 29.3 Å². The quantitative estimate of drug-likeness (QED) is 0.753. The van der Waals surface area contributed by atoms with E-state index in [0.717, 1.165) is 17.8 Å². The van der Waals surface area contributed by atoms with Crippen molar-refractivity contribution in [2.75, 3.05) is 6.61 Å². The van der Waals surface area contributed by atoms with Crippen LogP contribution in [0.5, 0.6) is 0 Å². The molecule has 0 unspecified atom stereocenters. The second-order valence-corrected chi connectivity index (χ2v) is 3.76. The van der Waals surface area contributed by atoms with Crippen LogP contribution in [-0.4, -0.2) is 17.4 Å². The molecule has 0 fully saturated rings. The van der Waals surface area contributed by atoms with E-state index in [1.165, 1.54) is 11.1 Å². The van der Waals surface area contributed by atoms with Crippen LogP contribution in [-0.2, 0) is 6.42 Å². The standard InChI is InChI=1S/C13H19NO/c1-4-12-7-5-6-10(2)13(12)14-11(3)8-9-15/h5-7,15H,4,8-9H2,1-3H3/b14-11+. The number of hydrogen-bond donors (Lipinski definition) is 1. The zero-order chi connectivity index (χ0) is 11.3. The Kier molecular flexibility index (Phi) is 4.50. The highest BCUT2D eigenvalue weighted by Crippen LogP contribution is 2.24. The van der Waals surface area contributed by atoms with E-state index in [2.05, 4.69) is 37.0 Å². The van der Waals surface area contributed by atoms with Crippen molar-refractivity contribution in [3.63, 3.8) is 0 Å². The molecule has 2 heteroatoms. The van der Waals surface area contributed by atoms with Crippen LogP contribution in [0.1, 0.15) is 31.4 Å². The van der Waals surface area contributed by atoms with Crippen molar-refractivity contribution in [3.8, 4) is 0 Å². The van der Waals surface area contributed by atoms with Crippen LogP contribution >= 0.6 is 0 Å². The largest absolute Gasteiger partial charge is 0.396 e. The second-order valence-electron chi connectivity index (χ2n) is 3.76. The lowest BCUT2D eigenvalue weighted by Gasteiger charge is -2.07. The van der Waals surface area contributed by atoms with Crippen LogP contribution in [0.2, 0.25) is 0 Å². The maximum absolute atomic E-state index is 8.83. The van der Waals surface area contributed by atoms with Gasteiger partial charge in [-0.05, 0) is 31.4 Å². The number of rotatable bonds is 4. The van der Waals surface area contributed by atoms with Crippen molar-refractivity contribution in [2.45, 2.75) is 33.6 Å². The highest BCUT2D eigenvalue weighted by atomic mass is 16.3. The molecule has 0 atom stereocenters. The van der Waals surface area contributed by atoms with E-state index in [9.17, 15) is 0 Å². The van der Waals surface area contributed by atoms with Gasteiger partial charge in [-0.1, -0.05) is 25.1 Å². The Morgan fingerprint density at radius 1 is 1.40 bits per heavy atom. The molecule has 0 aliphatic carbocycles. The van der Waals surface area contributed by atoms with Crippen LogP contribution < -0.4 is 0 Å². The molecule has 1 N–H and O–H groups in total. The monoisotopic (exact) mass is 205 g/mol. The third-order valence-electron chi connectivity index (χ3n) is 2.48. The van der Waals surface area contributed by atoms with E-state index in [1.807, 2.05) is 6.92 Å². The van der Waals surface area contributed by atoms with Gasteiger partial charge in [0.05, 0.1) is 5.69 Å². The average Bonchev–Trinajstić information content (AvgIpc) is 2.21. The maximum atomic E-state index is 8.83. The molecule has 2 nitrogen and oxygen atoms in total. The summed E-state index contributed by atoms with van der Waals surface area (Å²) in [7, 11) is 0. The van der Waals surface area contributed by atoms with Gasteiger partial charge in [0.25, 0.3) is 0 Å². The van der Waals surface area contributed by atoms with Gasteiger partial charge >= 0.3 is 0 Å². The molecular weight excluding hydrogens is 186 g/mol. The summed E-state index contributed by atoms with van der Waals surface area (Å²) in [4.78, 5) is 4.58. The molecular formula is C13H19NO. The number of para-hydroxylation sites is 1. The Morgan fingerprint density at radius 2 is 2.13 bits per heavy atom. The summed E-state index contributed by atoms with van der Waals surface area (Å²) in [5.74, 6) is 0. The van der Waals surface area contributed by atoms with Gasteiger partial charge in [0, 0.05) is 18.7 Å². The lowest BCUT2D eigenvalue weighted by atomic mass is 10.1. The average molecular weight is 205 g/mol. The summed E-state index contributed by atoms with van der Waals surface area (Å²) < 4.78 is 0. The lowest BCUT2D eigenvalue weighted by Crippen LogP contribution is -1.96. The lowest BCUT2D eigenvalue weighted by molar-refractivity contribution is 0.307. The highest BCUT2D eigenvalue weighted by molar-refractivity contribution is 5.85. The molecule has 0 spiro atoms. The topological polar surface area (TPSA) is 32.6 Å². The fourth-order valence-electron chi connectivity index (χ4n) is 1.57. The van der Waals surface area contributed by atoms with E-state index in [4.69, 9.17) is 5.11 Å². The van der Waals surface area contributed by atoms with E-state index in [1.54, 1.807) is 0 Å². The number of aliphatic hydroxyl groups is 1. The molecule has 0 heterocycles. The van der Waals surface area contributed by atoms with Gasteiger partial charge in [0.1, 0.15) is 0 Å². The minimum absolute atomic E-state index is 0.169. The van der Waals surface area contributed by atoms with Crippen molar-refractivity contribution >= 4 is 11.4 Å². The first kappa shape index (κ1) is 11.9. The number of benzene rings is 1. The molecule has 1 rings (SSSR count). The van der Waals surface area contributed by atoms with E-state index in [-0.39, 0.29) is 6.61 Å². The van der Waals surface area contributed by atoms with E-state index >= 15 is 0 Å². The second kappa shape index (κ2) is 5.66. The molecule has 1 aromatic carbocycles. The fraction of sp³-hybridized carbons (Fsp3) is 0.462. The first-order chi connectivity index (χ1) is 7.19. The number of nitrogens with zero attached hydrogens (tertiary/aromatic N) is 1. The van der Waals surface area contributed by atoms with Crippen molar-refractivity contribution in [2.24, 2.45) is 4.99 Å². The smallest absolute Gasteiger partial charge is 0.0689 e. The minimum atomic E-state index is 0.169. The van der Waals surface area contributed by atoms with Crippen molar-refractivity contribution < 1.29 is 5.11 Å². The molecule has 0 radical (unpaired) electrons. The summed E-state index contributed by atoms with van der Waals surface area (Å²) in [6.07, 6.45) is 1.64. The van der Waals surface area contributed by atoms with E-state index in [0.29, 0.717) is 6.42 Å². The summed E-state index contributed by atoms with van der Waals surface area (Å²) in [6, 6.07) is 6.25. The summed E-state index contributed by atoms with van der Waals surface area (Å²) in [5, 5.41) is 8.83. The van der Waals surface area contributed by atoms with E-state index < -0.39 is 0 Å². The van der Waals surface area contributed by atoms with Gasteiger partial charge in [0.15, 0.2) is 0 Å². The Balaban J connectivity index is 3.06. The zero-order valence-corrected chi connectivity index (χ0v) is 9.75. The minimum Gasteiger partial charge on any atom is -0.396 e. The maximum Gasteiger partial charge on any atom is 0.0689 e. The van der Waals surface area contributed by atoms with Gasteiger partial charge < -0.3 is 5.11 Å². The zero-order valence-electron chi connectivity index (χ0n) is 9.75.